The molecule has 31 heavy (non-hydrogen) atoms. The third-order valence-corrected chi connectivity index (χ3v) is 7.16. The van der Waals surface area contributed by atoms with Gasteiger partial charge in [0.1, 0.15) is 6.07 Å². The lowest BCUT2D eigenvalue weighted by Crippen LogP contribution is -2.26. The molecule has 1 atom stereocenters. The molecule has 2 saturated carbocycles. The first kappa shape index (κ1) is 20.1. The minimum atomic E-state index is 0.182. The molecule has 0 saturated heterocycles. The molecule has 1 N–H and O–H groups in total. The van der Waals surface area contributed by atoms with Crippen molar-refractivity contribution in [2.24, 2.45) is 5.92 Å². The summed E-state index contributed by atoms with van der Waals surface area (Å²) in [5, 5.41) is 14.0. The van der Waals surface area contributed by atoms with Crippen LogP contribution >= 0.6 is 9.24 Å². The van der Waals surface area contributed by atoms with Crippen LogP contribution in [0.2, 0.25) is 0 Å². The first-order valence-electron chi connectivity index (χ1n) is 11.0. The van der Waals surface area contributed by atoms with Crippen molar-refractivity contribution in [2.45, 2.75) is 50.2 Å². The van der Waals surface area contributed by atoms with Crippen molar-refractivity contribution >= 4 is 31.4 Å². The van der Waals surface area contributed by atoms with E-state index in [0.29, 0.717) is 12.0 Å². The fourth-order valence-corrected chi connectivity index (χ4v) is 4.81. The molecule has 2 aliphatic rings. The minimum absolute atomic E-state index is 0.182. The molecule has 0 aliphatic heterocycles. The van der Waals surface area contributed by atoms with E-state index in [0.717, 1.165) is 38.9 Å². The van der Waals surface area contributed by atoms with Crippen molar-refractivity contribution < 1.29 is 0 Å². The highest BCUT2D eigenvalue weighted by molar-refractivity contribution is 7.17. The summed E-state index contributed by atoms with van der Waals surface area (Å²) in [5.41, 5.74) is 7.11. The number of benzene rings is 1. The van der Waals surface area contributed by atoms with Crippen LogP contribution < -0.4 is 5.32 Å². The van der Waals surface area contributed by atoms with Gasteiger partial charge in [-0.2, -0.15) is 5.26 Å². The lowest BCUT2D eigenvalue weighted by atomic mass is 9.93. The van der Waals surface area contributed by atoms with Crippen molar-refractivity contribution in [2.75, 3.05) is 5.32 Å². The predicted molar refractivity (Wildman–Crippen MR) is 129 cm³/mol. The van der Waals surface area contributed by atoms with Crippen LogP contribution in [0.5, 0.6) is 0 Å². The number of nitriles is 1. The fourth-order valence-electron chi connectivity index (χ4n) is 4.43. The van der Waals surface area contributed by atoms with Crippen molar-refractivity contribution in [1.29, 1.82) is 5.26 Å². The number of aromatic nitrogens is 3. The highest BCUT2D eigenvalue weighted by Crippen LogP contribution is 2.45. The molecule has 6 heteroatoms. The number of fused-ring (bicyclic) bond motifs is 1. The van der Waals surface area contributed by atoms with Crippen LogP contribution in [-0.2, 0) is 0 Å². The van der Waals surface area contributed by atoms with Gasteiger partial charge < -0.3 is 5.32 Å². The monoisotopic (exact) mass is 427 g/mol. The van der Waals surface area contributed by atoms with E-state index in [4.69, 9.17) is 10.2 Å². The van der Waals surface area contributed by atoms with Gasteiger partial charge in [-0.05, 0) is 73.4 Å². The number of pyridine rings is 1. The SMILES string of the molecule is C=C(c1cnc2ccc(-c3cnc(C#N)nc3)cc2c1NC1CCC(P)CC1)C1CC1. The summed E-state index contributed by atoms with van der Waals surface area (Å²) < 4.78 is 0. The quantitative estimate of drug-likeness (QED) is 0.538. The summed E-state index contributed by atoms with van der Waals surface area (Å²) in [6.45, 7) is 4.43. The second kappa shape index (κ2) is 8.36. The first-order valence-corrected chi connectivity index (χ1v) is 11.7. The molecule has 2 heterocycles. The summed E-state index contributed by atoms with van der Waals surface area (Å²) in [6.07, 6.45) is 12.7. The van der Waals surface area contributed by atoms with Crippen molar-refractivity contribution in [3.8, 4) is 17.2 Å². The topological polar surface area (TPSA) is 74.5 Å². The molecule has 5 rings (SSSR count). The van der Waals surface area contributed by atoms with Crippen molar-refractivity contribution in [3.63, 3.8) is 0 Å². The van der Waals surface area contributed by atoms with Crippen molar-refractivity contribution in [3.05, 3.63) is 54.8 Å². The number of hydrogen-bond donors (Lipinski definition) is 1. The summed E-state index contributed by atoms with van der Waals surface area (Å²) >= 11 is 0. The zero-order valence-electron chi connectivity index (χ0n) is 17.5. The van der Waals surface area contributed by atoms with Gasteiger partial charge in [0, 0.05) is 41.1 Å². The highest BCUT2D eigenvalue weighted by Gasteiger charge is 2.28. The maximum atomic E-state index is 8.98. The van der Waals surface area contributed by atoms with Gasteiger partial charge in [0.15, 0.2) is 0 Å². The van der Waals surface area contributed by atoms with Crippen LogP contribution in [0.15, 0.2) is 43.4 Å². The van der Waals surface area contributed by atoms with E-state index in [2.05, 4.69) is 43.2 Å². The maximum absolute atomic E-state index is 8.98. The zero-order valence-corrected chi connectivity index (χ0v) is 18.7. The van der Waals surface area contributed by atoms with Crippen LogP contribution in [0.25, 0.3) is 27.6 Å². The van der Waals surface area contributed by atoms with E-state index in [9.17, 15) is 0 Å². The van der Waals surface area contributed by atoms with E-state index in [1.54, 1.807) is 12.4 Å². The minimum Gasteiger partial charge on any atom is -0.381 e. The van der Waals surface area contributed by atoms with E-state index in [-0.39, 0.29) is 5.82 Å². The van der Waals surface area contributed by atoms with Crippen LogP contribution in [0.4, 0.5) is 5.69 Å². The van der Waals surface area contributed by atoms with Crippen molar-refractivity contribution in [1.82, 2.24) is 15.0 Å². The first-order chi connectivity index (χ1) is 15.1. The number of hydrogen-bond acceptors (Lipinski definition) is 5. The van der Waals surface area contributed by atoms with Gasteiger partial charge in [-0.15, -0.1) is 9.24 Å². The Kier molecular flexibility index (Phi) is 5.42. The molecule has 2 aromatic heterocycles. The Bertz CT molecular complexity index is 1170. The second-order valence-electron chi connectivity index (χ2n) is 8.74. The number of anilines is 1. The fraction of sp³-hybridized carbons (Fsp3) is 0.360. The molecule has 3 aromatic rings. The van der Waals surface area contributed by atoms with Gasteiger partial charge in [-0.1, -0.05) is 12.6 Å². The Hall–Kier alpha value is -2.83. The van der Waals surface area contributed by atoms with E-state index in [1.165, 1.54) is 44.1 Å². The molecule has 156 valence electrons. The largest absolute Gasteiger partial charge is 0.381 e. The van der Waals surface area contributed by atoms with Gasteiger partial charge in [0.05, 0.1) is 11.2 Å². The second-order valence-corrected chi connectivity index (χ2v) is 9.68. The Labute approximate surface area is 185 Å². The number of allylic oxidation sites excluding steroid dienone is 1. The Morgan fingerprint density at radius 2 is 1.74 bits per heavy atom. The third kappa shape index (κ3) is 4.18. The normalized spacial score (nSPS) is 20.9. The van der Waals surface area contributed by atoms with Gasteiger partial charge in [-0.3, -0.25) is 4.98 Å². The van der Waals surface area contributed by atoms with E-state index >= 15 is 0 Å². The van der Waals surface area contributed by atoms with Gasteiger partial charge in [-0.25, -0.2) is 9.97 Å². The average molecular weight is 427 g/mol. The lowest BCUT2D eigenvalue weighted by Gasteiger charge is -2.29. The lowest BCUT2D eigenvalue weighted by molar-refractivity contribution is 0.472. The molecule has 0 spiro atoms. The number of nitrogens with zero attached hydrogens (tertiary/aromatic N) is 4. The van der Waals surface area contributed by atoms with Gasteiger partial charge >= 0.3 is 0 Å². The van der Waals surface area contributed by atoms with E-state index in [1.807, 2.05) is 18.3 Å². The zero-order chi connectivity index (χ0) is 21.4. The Morgan fingerprint density at radius 3 is 2.42 bits per heavy atom. The van der Waals surface area contributed by atoms with Crippen LogP contribution in [-0.4, -0.2) is 26.7 Å². The van der Waals surface area contributed by atoms with Crippen LogP contribution in [0.1, 0.15) is 49.9 Å². The molecule has 1 unspecified atom stereocenters. The average Bonchev–Trinajstić information content (AvgIpc) is 3.66. The predicted octanol–water partition coefficient (Wildman–Crippen LogP) is 5.58. The van der Waals surface area contributed by atoms with Gasteiger partial charge in [0.2, 0.25) is 5.82 Å². The molecule has 0 radical (unpaired) electrons. The molecule has 2 aliphatic carbocycles. The standard InChI is InChI=1S/C25H26N5P/c1-15(16-2-3-16)22-14-27-23-9-4-17(18-12-28-24(11-26)29-13-18)10-21(23)25(22)30-19-5-7-20(31)8-6-19/h4,9-10,12-14,16,19-20H,1-3,5-8,31H2,(H,27,30). The van der Waals surface area contributed by atoms with Crippen LogP contribution in [0.3, 0.4) is 0 Å². The molecule has 0 amide bonds. The number of rotatable bonds is 5. The Balaban J connectivity index is 1.58. The molecular weight excluding hydrogens is 401 g/mol. The molecule has 2 fully saturated rings. The molecule has 0 bridgehead atoms. The Morgan fingerprint density at radius 1 is 1.00 bits per heavy atom. The smallest absolute Gasteiger partial charge is 0.232 e. The molecule has 1 aromatic carbocycles. The maximum Gasteiger partial charge on any atom is 0.232 e. The summed E-state index contributed by atoms with van der Waals surface area (Å²) in [7, 11) is 2.98. The van der Waals surface area contributed by atoms with Crippen LogP contribution in [0, 0.1) is 17.2 Å². The van der Waals surface area contributed by atoms with Gasteiger partial charge in [0.25, 0.3) is 0 Å². The number of nitrogens with one attached hydrogen (secondary N) is 1. The molecular formula is C25H26N5P. The molecule has 5 nitrogen and oxygen atoms in total. The summed E-state index contributed by atoms with van der Waals surface area (Å²) in [6, 6.07) is 8.70. The summed E-state index contributed by atoms with van der Waals surface area (Å²) in [4.78, 5) is 13.0. The third-order valence-electron chi connectivity index (χ3n) is 6.49. The highest BCUT2D eigenvalue weighted by atomic mass is 31.0. The summed E-state index contributed by atoms with van der Waals surface area (Å²) in [5.74, 6) is 0.763. The van der Waals surface area contributed by atoms with E-state index < -0.39 is 0 Å².